The molecular weight excluding hydrogens is 398 g/mol. The topological polar surface area (TPSA) is 122 Å². The van der Waals surface area contributed by atoms with Crippen molar-refractivity contribution < 1.29 is 28.0 Å². The number of primary amides is 1. The van der Waals surface area contributed by atoms with Crippen molar-refractivity contribution in [3.05, 3.63) is 64.7 Å². The van der Waals surface area contributed by atoms with Crippen molar-refractivity contribution in [3.63, 3.8) is 0 Å². The highest BCUT2D eigenvalue weighted by molar-refractivity contribution is 6.11. The van der Waals surface area contributed by atoms with Gasteiger partial charge in [0.05, 0.1) is 11.3 Å². The van der Waals surface area contributed by atoms with Gasteiger partial charge in [-0.3, -0.25) is 19.3 Å². The number of urea groups is 1. The monoisotopic (exact) mass is 414 g/mol. The Labute approximate surface area is 169 Å². The Bertz CT molecular complexity index is 1120. The minimum absolute atomic E-state index is 0.365. The minimum Gasteiger partial charge on any atom is -0.366 e. The van der Waals surface area contributed by atoms with Crippen LogP contribution in [-0.2, 0) is 21.5 Å². The lowest BCUT2D eigenvalue weighted by atomic mass is 9.92. The number of carbonyl (C=O) groups excluding carboxylic acids is 4. The lowest BCUT2D eigenvalue weighted by molar-refractivity contribution is -0.134. The quantitative estimate of drug-likeness (QED) is 0.655. The molecule has 1 aliphatic carbocycles. The number of halogens is 2. The molecule has 8 nitrogen and oxygen atoms in total. The highest BCUT2D eigenvalue weighted by Gasteiger charge is 2.55. The molecule has 30 heavy (non-hydrogen) atoms. The van der Waals surface area contributed by atoms with Crippen LogP contribution < -0.4 is 16.4 Å². The lowest BCUT2D eigenvalue weighted by Crippen LogP contribution is -2.43. The third kappa shape index (κ3) is 2.97. The van der Waals surface area contributed by atoms with Crippen LogP contribution in [-0.4, -0.2) is 35.2 Å². The van der Waals surface area contributed by atoms with E-state index in [1.165, 1.54) is 0 Å². The fourth-order valence-corrected chi connectivity index (χ4v) is 3.90. The smallest absolute Gasteiger partial charge is 0.325 e. The second-order valence-electron chi connectivity index (χ2n) is 7.11. The van der Waals surface area contributed by atoms with Gasteiger partial charge in [-0.15, -0.1) is 0 Å². The molecule has 1 spiro atoms. The molecule has 5 amide bonds. The summed E-state index contributed by atoms with van der Waals surface area (Å²) < 4.78 is 27.5. The normalized spacial score (nSPS) is 19.7. The van der Waals surface area contributed by atoms with E-state index < -0.39 is 58.7 Å². The molecule has 1 atom stereocenters. The summed E-state index contributed by atoms with van der Waals surface area (Å²) in [6, 6.07) is 7.63. The molecule has 1 heterocycles. The van der Waals surface area contributed by atoms with E-state index in [0.717, 1.165) is 16.5 Å². The Hall–Kier alpha value is -3.82. The summed E-state index contributed by atoms with van der Waals surface area (Å²) in [5.41, 5.74) is 4.30. The van der Waals surface area contributed by atoms with Crippen molar-refractivity contribution >= 4 is 29.4 Å². The fourth-order valence-electron chi connectivity index (χ4n) is 3.90. The summed E-state index contributed by atoms with van der Waals surface area (Å²) in [6.45, 7) is -0.683. The second kappa shape index (κ2) is 6.90. The number of hydrogen-bond acceptors (Lipinski definition) is 4. The highest BCUT2D eigenvalue weighted by atomic mass is 19.1. The van der Waals surface area contributed by atoms with Crippen LogP contribution in [0.25, 0.3) is 0 Å². The largest absolute Gasteiger partial charge is 0.366 e. The first kappa shape index (κ1) is 19.5. The van der Waals surface area contributed by atoms with E-state index in [9.17, 15) is 28.0 Å². The molecule has 2 aromatic carbocycles. The minimum atomic E-state index is -1.23. The van der Waals surface area contributed by atoms with Gasteiger partial charge in [0, 0.05) is 6.07 Å². The zero-order chi connectivity index (χ0) is 21.6. The molecule has 1 aliphatic heterocycles. The van der Waals surface area contributed by atoms with E-state index in [0.29, 0.717) is 24.5 Å². The van der Waals surface area contributed by atoms with Crippen LogP contribution in [0.2, 0.25) is 0 Å². The molecular formula is C20H16F2N4O4. The molecule has 4 N–H and O–H groups in total. The maximum absolute atomic E-state index is 14.0. The Balaban J connectivity index is 1.54. The third-order valence-electron chi connectivity index (χ3n) is 5.32. The van der Waals surface area contributed by atoms with Gasteiger partial charge in [0.2, 0.25) is 5.91 Å². The first-order valence-electron chi connectivity index (χ1n) is 9.04. The Kier molecular flexibility index (Phi) is 4.49. The van der Waals surface area contributed by atoms with Gasteiger partial charge in [0.25, 0.3) is 11.8 Å². The molecule has 4 rings (SSSR count). The van der Waals surface area contributed by atoms with Crippen LogP contribution >= 0.6 is 0 Å². The molecule has 1 unspecified atom stereocenters. The molecule has 154 valence electrons. The number of aryl methyl sites for hydroxylation is 1. The van der Waals surface area contributed by atoms with Crippen LogP contribution in [0.1, 0.15) is 27.9 Å². The summed E-state index contributed by atoms with van der Waals surface area (Å²) in [5.74, 6) is -4.93. The van der Waals surface area contributed by atoms with E-state index >= 15 is 0 Å². The number of nitrogens with two attached hydrogens (primary N) is 1. The van der Waals surface area contributed by atoms with Crippen LogP contribution in [0.15, 0.2) is 36.4 Å². The van der Waals surface area contributed by atoms with Crippen LogP contribution in [0.3, 0.4) is 0 Å². The van der Waals surface area contributed by atoms with E-state index in [-0.39, 0.29) is 0 Å². The zero-order valence-corrected chi connectivity index (χ0v) is 15.5. The van der Waals surface area contributed by atoms with Crippen molar-refractivity contribution in [3.8, 4) is 0 Å². The number of nitrogens with zero attached hydrogens (tertiary/aromatic N) is 1. The number of nitrogens with one attached hydrogen (secondary N) is 2. The van der Waals surface area contributed by atoms with Gasteiger partial charge in [0.1, 0.15) is 23.7 Å². The van der Waals surface area contributed by atoms with E-state index in [4.69, 9.17) is 5.73 Å². The van der Waals surface area contributed by atoms with Gasteiger partial charge >= 0.3 is 6.03 Å². The molecule has 0 bridgehead atoms. The van der Waals surface area contributed by atoms with Crippen molar-refractivity contribution in [2.45, 2.75) is 18.4 Å². The maximum atomic E-state index is 14.0. The highest BCUT2D eigenvalue weighted by Crippen LogP contribution is 2.41. The molecule has 10 heteroatoms. The molecule has 0 aromatic heterocycles. The average molecular weight is 414 g/mol. The number of carbonyl (C=O) groups is 4. The summed E-state index contributed by atoms with van der Waals surface area (Å²) in [7, 11) is 0. The zero-order valence-electron chi connectivity index (χ0n) is 15.5. The lowest BCUT2D eigenvalue weighted by Gasteiger charge is -2.22. The third-order valence-corrected chi connectivity index (χ3v) is 5.32. The predicted molar refractivity (Wildman–Crippen MR) is 100 cm³/mol. The molecule has 0 radical (unpaired) electrons. The van der Waals surface area contributed by atoms with Gasteiger partial charge in [-0.2, -0.15) is 0 Å². The molecule has 1 saturated heterocycles. The standard InChI is InChI=1S/C20H16F2N4O4/c21-13-8-14(22)15(7-11(13)17(23)28)24-16(27)9-26-18(29)20(25-19(26)30)6-5-10-3-1-2-4-12(10)20/h1-4,7-8H,5-6,9H2,(H2,23,28)(H,24,27)(H,25,30). The Morgan fingerprint density at radius 1 is 1.17 bits per heavy atom. The van der Waals surface area contributed by atoms with Crippen molar-refractivity contribution in [2.24, 2.45) is 5.73 Å². The number of amides is 5. The molecule has 0 saturated carbocycles. The number of hydrogen-bond donors (Lipinski definition) is 3. The SMILES string of the molecule is NC(=O)c1cc(NC(=O)CN2C(=O)NC3(CCc4ccccc43)C2=O)c(F)cc1F. The number of anilines is 1. The van der Waals surface area contributed by atoms with Gasteiger partial charge in [-0.25, -0.2) is 13.6 Å². The molecule has 2 aromatic rings. The Morgan fingerprint density at radius 2 is 1.90 bits per heavy atom. The van der Waals surface area contributed by atoms with E-state index in [1.54, 1.807) is 12.1 Å². The summed E-state index contributed by atoms with van der Waals surface area (Å²) in [5, 5.41) is 4.81. The summed E-state index contributed by atoms with van der Waals surface area (Å²) in [6.07, 6.45) is 0.961. The average Bonchev–Trinajstić information content (AvgIpc) is 3.17. The fraction of sp³-hybridized carbons (Fsp3) is 0.200. The first-order chi connectivity index (χ1) is 14.2. The Morgan fingerprint density at radius 3 is 2.63 bits per heavy atom. The van der Waals surface area contributed by atoms with E-state index in [2.05, 4.69) is 10.6 Å². The van der Waals surface area contributed by atoms with Crippen molar-refractivity contribution in [1.82, 2.24) is 10.2 Å². The number of benzene rings is 2. The summed E-state index contributed by atoms with van der Waals surface area (Å²) >= 11 is 0. The number of rotatable bonds is 4. The van der Waals surface area contributed by atoms with E-state index in [1.807, 2.05) is 12.1 Å². The maximum Gasteiger partial charge on any atom is 0.325 e. The molecule has 2 aliphatic rings. The van der Waals surface area contributed by atoms with Gasteiger partial charge in [0.15, 0.2) is 0 Å². The number of imide groups is 1. The summed E-state index contributed by atoms with van der Waals surface area (Å²) in [4.78, 5) is 49.8. The van der Waals surface area contributed by atoms with Crippen molar-refractivity contribution in [2.75, 3.05) is 11.9 Å². The van der Waals surface area contributed by atoms with Gasteiger partial charge in [-0.05, 0) is 30.0 Å². The van der Waals surface area contributed by atoms with Crippen LogP contribution in [0, 0.1) is 11.6 Å². The van der Waals surface area contributed by atoms with Crippen molar-refractivity contribution in [1.29, 1.82) is 0 Å². The molecule has 1 fully saturated rings. The van der Waals surface area contributed by atoms with Crippen LogP contribution in [0.5, 0.6) is 0 Å². The number of fused-ring (bicyclic) bond motifs is 2. The predicted octanol–water partition coefficient (Wildman–Crippen LogP) is 1.40. The second-order valence-corrected chi connectivity index (χ2v) is 7.11. The van der Waals surface area contributed by atoms with Crippen LogP contribution in [0.4, 0.5) is 19.3 Å². The van der Waals surface area contributed by atoms with Gasteiger partial charge < -0.3 is 16.4 Å². The van der Waals surface area contributed by atoms with Gasteiger partial charge in [-0.1, -0.05) is 24.3 Å². The first-order valence-corrected chi connectivity index (χ1v) is 9.04.